The Morgan fingerprint density at radius 2 is 1.67 bits per heavy atom. The maximum absolute atomic E-state index is 11.0. The van der Waals surface area contributed by atoms with E-state index in [0.29, 0.717) is 11.4 Å². The summed E-state index contributed by atoms with van der Waals surface area (Å²) in [6.45, 7) is 0. The number of benzene rings is 2. The highest BCUT2D eigenvalue weighted by Crippen LogP contribution is 2.33. The molecule has 2 aromatic carbocycles. The van der Waals surface area contributed by atoms with E-state index < -0.39 is 11.1 Å². The number of hydrogen-bond donors (Lipinski definition) is 2. The van der Waals surface area contributed by atoms with Gasteiger partial charge in [-0.25, -0.2) is 0 Å². The third kappa shape index (κ3) is 2.44. The molecule has 5 nitrogen and oxygen atoms in total. The fraction of sp³-hybridized carbons (Fsp3) is 0. The molecule has 0 aliphatic rings. The fourth-order valence-electron chi connectivity index (χ4n) is 1.44. The van der Waals surface area contributed by atoms with Crippen molar-refractivity contribution in [2.45, 2.75) is 4.90 Å². The number of rotatable bonds is 3. The number of nitrogens with two attached hydrogens (primary N) is 2. The summed E-state index contributed by atoms with van der Waals surface area (Å²) in [6, 6.07) is 11.2. The van der Waals surface area contributed by atoms with Gasteiger partial charge in [0.15, 0.2) is 5.75 Å². The highest BCUT2D eigenvalue weighted by atomic mass is 32.2. The average molecular weight is 263 g/mol. The molecule has 0 fully saturated rings. The first-order valence-electron chi connectivity index (χ1n) is 5.09. The predicted octanol–water partition coefficient (Wildman–Crippen LogP) is 1.88. The summed E-state index contributed by atoms with van der Waals surface area (Å²) in [7, 11) is 0. The van der Waals surface area contributed by atoms with Gasteiger partial charge >= 0.3 is 0 Å². The Kier molecular flexibility index (Phi) is 3.50. The maximum atomic E-state index is 11.0. The Morgan fingerprint density at radius 1 is 1.00 bits per heavy atom. The highest BCUT2D eigenvalue weighted by Gasteiger charge is 2.08. The first-order chi connectivity index (χ1) is 8.59. The lowest BCUT2D eigenvalue weighted by atomic mass is 10.2. The highest BCUT2D eigenvalue weighted by molar-refractivity contribution is 7.79. The van der Waals surface area contributed by atoms with Crippen molar-refractivity contribution in [2.75, 3.05) is 11.5 Å². The van der Waals surface area contributed by atoms with Crippen LogP contribution in [0.15, 0.2) is 47.4 Å². The lowest BCUT2D eigenvalue weighted by Crippen LogP contribution is -1.99. The first-order valence-corrected chi connectivity index (χ1v) is 6.17. The molecular weight excluding hydrogens is 252 g/mol. The molecule has 0 saturated heterocycles. The van der Waals surface area contributed by atoms with Crippen molar-refractivity contribution in [2.24, 2.45) is 0 Å². The molecule has 0 spiro atoms. The van der Waals surface area contributed by atoms with Crippen LogP contribution in [0, 0.1) is 0 Å². The van der Waals surface area contributed by atoms with Crippen LogP contribution in [0.4, 0.5) is 11.4 Å². The molecule has 4 N–H and O–H groups in total. The smallest absolute Gasteiger partial charge is 0.152 e. The molecule has 6 heteroatoms. The summed E-state index contributed by atoms with van der Waals surface area (Å²) in [5.74, 6) is 0.538. The van der Waals surface area contributed by atoms with Gasteiger partial charge in [0.05, 0.1) is 16.3 Å². The lowest BCUT2D eigenvalue weighted by molar-refractivity contribution is 0.466. The predicted molar refractivity (Wildman–Crippen MR) is 69.0 cm³/mol. The zero-order chi connectivity index (χ0) is 13.1. The van der Waals surface area contributed by atoms with E-state index in [1.807, 2.05) is 0 Å². The zero-order valence-electron chi connectivity index (χ0n) is 9.33. The minimum atomic E-state index is -2.37. The van der Waals surface area contributed by atoms with E-state index in [0.717, 1.165) is 0 Å². The third-order valence-corrected chi connectivity index (χ3v) is 3.04. The quantitative estimate of drug-likeness (QED) is 0.650. The number of hydrogen-bond acceptors (Lipinski definition) is 5. The van der Waals surface area contributed by atoms with Crippen LogP contribution in [-0.2, 0) is 11.1 Å². The fourth-order valence-corrected chi connectivity index (χ4v) is 1.90. The molecule has 0 heterocycles. The van der Waals surface area contributed by atoms with Gasteiger partial charge in [-0.15, -0.1) is 0 Å². The van der Waals surface area contributed by atoms with Crippen molar-refractivity contribution in [3.05, 3.63) is 42.5 Å². The van der Waals surface area contributed by atoms with Gasteiger partial charge in [0, 0.05) is 0 Å². The lowest BCUT2D eigenvalue weighted by Gasteiger charge is -2.14. The summed E-state index contributed by atoms with van der Waals surface area (Å²) in [6.07, 6.45) is 0. The van der Waals surface area contributed by atoms with Crippen LogP contribution >= 0.6 is 0 Å². The molecule has 94 valence electrons. The molecule has 0 amide bonds. The van der Waals surface area contributed by atoms with Gasteiger partial charge in [-0.2, -0.15) is 0 Å². The second-order valence-electron chi connectivity index (χ2n) is 3.54. The molecule has 2 aromatic rings. The minimum Gasteiger partial charge on any atom is -0.768 e. The summed E-state index contributed by atoms with van der Waals surface area (Å²) in [5.41, 5.74) is 12.1. The third-order valence-electron chi connectivity index (χ3n) is 2.35. The van der Waals surface area contributed by atoms with Crippen molar-refractivity contribution < 1.29 is 13.5 Å². The van der Waals surface area contributed by atoms with Crippen molar-refractivity contribution in [1.29, 1.82) is 0 Å². The minimum absolute atomic E-state index is 0.0688. The van der Waals surface area contributed by atoms with Gasteiger partial charge < -0.3 is 20.8 Å². The molecule has 18 heavy (non-hydrogen) atoms. The molecule has 0 aromatic heterocycles. The van der Waals surface area contributed by atoms with E-state index in [1.165, 1.54) is 6.07 Å². The SMILES string of the molecule is Nc1cccc(Oc2ccccc2S(=O)[O-])c1N. The summed E-state index contributed by atoms with van der Waals surface area (Å²) < 4.78 is 27.5. The number of ether oxygens (including phenoxy) is 1. The van der Waals surface area contributed by atoms with Crippen molar-refractivity contribution >= 4 is 22.5 Å². The molecule has 1 atom stereocenters. The van der Waals surface area contributed by atoms with Crippen LogP contribution in [0.25, 0.3) is 0 Å². The molecule has 1 unspecified atom stereocenters. The number of anilines is 2. The van der Waals surface area contributed by atoms with Crippen LogP contribution in [-0.4, -0.2) is 8.76 Å². The Bertz CT molecular complexity index is 602. The summed E-state index contributed by atoms with van der Waals surface area (Å²) >= 11 is -2.37. The summed E-state index contributed by atoms with van der Waals surface area (Å²) in [5, 5.41) is 0. The molecule has 2 rings (SSSR count). The molecule has 0 aliphatic heterocycles. The van der Waals surface area contributed by atoms with Gasteiger partial charge in [0.1, 0.15) is 5.75 Å². The van der Waals surface area contributed by atoms with Gasteiger partial charge in [0.25, 0.3) is 0 Å². The Hall–Kier alpha value is -2.05. The molecule has 0 aliphatic carbocycles. The topological polar surface area (TPSA) is 101 Å². The van der Waals surface area contributed by atoms with E-state index in [-0.39, 0.29) is 16.3 Å². The molecular formula is C12H11N2O3S-. The van der Waals surface area contributed by atoms with Gasteiger partial charge in [-0.3, -0.25) is 4.21 Å². The average Bonchev–Trinajstić information content (AvgIpc) is 2.35. The number of para-hydroxylation sites is 2. The monoisotopic (exact) mass is 263 g/mol. The largest absolute Gasteiger partial charge is 0.768 e. The van der Waals surface area contributed by atoms with E-state index in [2.05, 4.69) is 0 Å². The van der Waals surface area contributed by atoms with Crippen LogP contribution in [0.5, 0.6) is 11.5 Å². The number of nitrogen functional groups attached to an aromatic ring is 2. The Balaban J connectivity index is 2.40. The molecule has 0 saturated carbocycles. The standard InChI is InChI=1S/C12H12N2O3S/c13-8-4-3-6-10(12(8)14)17-9-5-1-2-7-11(9)18(15)16/h1-7H,13-14H2,(H,15,16)/p-1. The summed E-state index contributed by atoms with van der Waals surface area (Å²) in [4.78, 5) is 0.0688. The second-order valence-corrected chi connectivity index (χ2v) is 4.45. The second kappa shape index (κ2) is 5.07. The van der Waals surface area contributed by atoms with Gasteiger partial charge in [-0.05, 0) is 35.3 Å². The van der Waals surface area contributed by atoms with Crippen molar-refractivity contribution in [1.82, 2.24) is 0 Å². The van der Waals surface area contributed by atoms with E-state index >= 15 is 0 Å². The maximum Gasteiger partial charge on any atom is 0.152 e. The molecule has 0 bridgehead atoms. The van der Waals surface area contributed by atoms with Crippen LogP contribution in [0.3, 0.4) is 0 Å². The van der Waals surface area contributed by atoms with Gasteiger partial charge in [0.2, 0.25) is 0 Å². The Labute approximate surface area is 107 Å². The Morgan fingerprint density at radius 3 is 2.39 bits per heavy atom. The van der Waals surface area contributed by atoms with Crippen LogP contribution < -0.4 is 16.2 Å². The van der Waals surface area contributed by atoms with E-state index in [1.54, 1.807) is 36.4 Å². The normalized spacial score (nSPS) is 12.1. The van der Waals surface area contributed by atoms with Crippen molar-refractivity contribution in [3.8, 4) is 11.5 Å². The first kappa shape index (κ1) is 12.4. The zero-order valence-corrected chi connectivity index (χ0v) is 10.1. The van der Waals surface area contributed by atoms with Gasteiger partial charge in [-0.1, -0.05) is 18.2 Å². The molecule has 0 radical (unpaired) electrons. The van der Waals surface area contributed by atoms with E-state index in [4.69, 9.17) is 16.2 Å². The van der Waals surface area contributed by atoms with Crippen LogP contribution in [0.1, 0.15) is 0 Å². The van der Waals surface area contributed by atoms with E-state index in [9.17, 15) is 8.76 Å². The van der Waals surface area contributed by atoms with Crippen LogP contribution in [0.2, 0.25) is 0 Å². The van der Waals surface area contributed by atoms with Crippen molar-refractivity contribution in [3.63, 3.8) is 0 Å².